The summed E-state index contributed by atoms with van der Waals surface area (Å²) in [5.74, 6) is 1.16. The van der Waals surface area contributed by atoms with Gasteiger partial charge < -0.3 is 14.8 Å². The number of benzene rings is 3. The number of hydrogen-bond acceptors (Lipinski definition) is 6. The number of amides is 1. The van der Waals surface area contributed by atoms with Gasteiger partial charge in [0.25, 0.3) is 5.91 Å². The van der Waals surface area contributed by atoms with Gasteiger partial charge in [-0.25, -0.2) is 9.36 Å². The number of carbonyl (C=O) groups excluding carboxylic acids is 1. The van der Waals surface area contributed by atoms with Crippen molar-refractivity contribution in [3.63, 3.8) is 0 Å². The second-order valence-corrected chi connectivity index (χ2v) is 8.35. The summed E-state index contributed by atoms with van der Waals surface area (Å²) in [7, 11) is 3.23. The van der Waals surface area contributed by atoms with E-state index in [0.29, 0.717) is 35.0 Å². The van der Waals surface area contributed by atoms with E-state index in [0.717, 1.165) is 16.8 Å². The summed E-state index contributed by atoms with van der Waals surface area (Å²) in [6, 6.07) is 25.0. The van der Waals surface area contributed by atoms with Crippen molar-refractivity contribution in [3.8, 4) is 28.4 Å². The van der Waals surface area contributed by atoms with Crippen molar-refractivity contribution in [2.75, 3.05) is 14.2 Å². The van der Waals surface area contributed by atoms with Gasteiger partial charge in [-0.15, -0.1) is 5.10 Å². The van der Waals surface area contributed by atoms with Crippen molar-refractivity contribution in [2.45, 2.75) is 13.1 Å². The smallest absolute Gasteiger partial charge is 0.255 e. The summed E-state index contributed by atoms with van der Waals surface area (Å²) >= 11 is 0. The normalized spacial score (nSPS) is 10.8. The molecular formula is C28H26N6O3. The summed E-state index contributed by atoms with van der Waals surface area (Å²) < 4.78 is 14.1. The minimum Gasteiger partial charge on any atom is -0.497 e. The first-order chi connectivity index (χ1) is 18.1. The number of nitrogens with zero attached hydrogens (tertiary/aromatic N) is 5. The van der Waals surface area contributed by atoms with Gasteiger partial charge in [0.1, 0.15) is 22.9 Å². The molecule has 3 aromatic carbocycles. The summed E-state index contributed by atoms with van der Waals surface area (Å²) in [5.41, 5.74) is 4.42. The molecule has 0 saturated carbocycles. The molecule has 2 aromatic heterocycles. The number of rotatable bonds is 9. The average Bonchev–Trinajstić information content (AvgIpc) is 3.60. The molecule has 9 nitrogen and oxygen atoms in total. The fourth-order valence-corrected chi connectivity index (χ4v) is 3.97. The van der Waals surface area contributed by atoms with Crippen LogP contribution in [0.15, 0.2) is 91.3 Å². The van der Waals surface area contributed by atoms with E-state index < -0.39 is 0 Å². The molecule has 9 heteroatoms. The lowest BCUT2D eigenvalue weighted by Crippen LogP contribution is -2.23. The molecule has 186 valence electrons. The van der Waals surface area contributed by atoms with E-state index in [2.05, 4.69) is 15.6 Å². The number of ether oxygens (including phenoxy) is 2. The highest BCUT2D eigenvalue weighted by molar-refractivity contribution is 5.99. The first kappa shape index (κ1) is 23.8. The molecule has 0 aliphatic rings. The topological polar surface area (TPSA) is 96.1 Å². The van der Waals surface area contributed by atoms with Gasteiger partial charge in [0.2, 0.25) is 0 Å². The lowest BCUT2D eigenvalue weighted by molar-refractivity contribution is 0.0951. The Balaban J connectivity index is 1.32. The van der Waals surface area contributed by atoms with Crippen LogP contribution in [0, 0.1) is 0 Å². The quantitative estimate of drug-likeness (QED) is 0.331. The highest BCUT2D eigenvalue weighted by Crippen LogP contribution is 2.24. The van der Waals surface area contributed by atoms with E-state index in [9.17, 15) is 4.79 Å². The van der Waals surface area contributed by atoms with Crippen LogP contribution < -0.4 is 14.8 Å². The lowest BCUT2D eigenvalue weighted by atomic mass is 10.1. The number of nitrogens with one attached hydrogen (secondary N) is 1. The number of hydrogen-bond donors (Lipinski definition) is 1. The third-order valence-electron chi connectivity index (χ3n) is 5.80. The third kappa shape index (κ3) is 5.51. The minimum atomic E-state index is -0.242. The molecule has 1 amide bonds. The lowest BCUT2D eigenvalue weighted by Gasteiger charge is -2.08. The van der Waals surface area contributed by atoms with Crippen molar-refractivity contribution < 1.29 is 14.3 Å². The van der Waals surface area contributed by atoms with Crippen molar-refractivity contribution in [1.29, 1.82) is 0 Å². The Morgan fingerprint density at radius 2 is 1.57 bits per heavy atom. The van der Waals surface area contributed by atoms with Gasteiger partial charge in [-0.2, -0.15) is 5.10 Å². The molecule has 0 fully saturated rings. The van der Waals surface area contributed by atoms with Crippen LogP contribution in [0.25, 0.3) is 16.9 Å². The Hall–Kier alpha value is -4.92. The van der Waals surface area contributed by atoms with Gasteiger partial charge in [0.05, 0.1) is 44.8 Å². The van der Waals surface area contributed by atoms with Crippen LogP contribution >= 0.6 is 0 Å². The number of aromatic nitrogens is 5. The molecule has 0 unspecified atom stereocenters. The summed E-state index contributed by atoms with van der Waals surface area (Å²) in [5, 5.41) is 16.1. The van der Waals surface area contributed by atoms with Crippen LogP contribution in [0.5, 0.6) is 11.5 Å². The van der Waals surface area contributed by atoms with Gasteiger partial charge in [-0.05, 0) is 29.8 Å². The first-order valence-electron chi connectivity index (χ1n) is 11.7. The monoisotopic (exact) mass is 494 g/mol. The Morgan fingerprint density at radius 3 is 2.24 bits per heavy atom. The first-order valence-corrected chi connectivity index (χ1v) is 11.7. The van der Waals surface area contributed by atoms with Crippen molar-refractivity contribution >= 4 is 5.91 Å². The standard InChI is InChI=1S/C28H26N6O3/c1-36-24-13-20(14-25(15-24)37-2)17-33-18-22(30-32-33)16-29-28(35)26-19-34(23-11-7-4-8-12-23)31-27(26)21-9-5-3-6-10-21/h3-15,18-19H,16-17H2,1-2H3,(H,29,35). The molecule has 0 saturated heterocycles. The van der Waals surface area contributed by atoms with Crippen LogP contribution in [0.3, 0.4) is 0 Å². The van der Waals surface area contributed by atoms with Crippen LogP contribution in [0.1, 0.15) is 21.6 Å². The maximum absolute atomic E-state index is 13.2. The van der Waals surface area contributed by atoms with Crippen LogP contribution in [-0.2, 0) is 13.1 Å². The molecule has 5 aromatic rings. The van der Waals surface area contributed by atoms with Gasteiger partial charge in [-0.1, -0.05) is 53.7 Å². The SMILES string of the molecule is COc1cc(Cn2cc(CNC(=O)c3cn(-c4ccccc4)nc3-c3ccccc3)nn2)cc(OC)c1. The Labute approximate surface area is 214 Å². The molecule has 37 heavy (non-hydrogen) atoms. The molecule has 0 bridgehead atoms. The number of para-hydroxylation sites is 1. The van der Waals surface area contributed by atoms with Crippen LogP contribution in [0.4, 0.5) is 0 Å². The molecule has 0 atom stereocenters. The maximum atomic E-state index is 13.2. The van der Waals surface area contributed by atoms with Crippen molar-refractivity contribution in [2.24, 2.45) is 0 Å². The maximum Gasteiger partial charge on any atom is 0.255 e. The molecule has 2 heterocycles. The average molecular weight is 495 g/mol. The zero-order valence-electron chi connectivity index (χ0n) is 20.5. The molecular weight excluding hydrogens is 468 g/mol. The van der Waals surface area contributed by atoms with E-state index in [1.807, 2.05) is 78.9 Å². The summed E-state index contributed by atoms with van der Waals surface area (Å²) in [6.07, 6.45) is 3.55. The van der Waals surface area contributed by atoms with Crippen LogP contribution in [0.2, 0.25) is 0 Å². The van der Waals surface area contributed by atoms with Gasteiger partial charge >= 0.3 is 0 Å². The third-order valence-corrected chi connectivity index (χ3v) is 5.80. The highest BCUT2D eigenvalue weighted by Gasteiger charge is 2.19. The second-order valence-electron chi connectivity index (χ2n) is 8.35. The van der Waals surface area contributed by atoms with E-state index >= 15 is 0 Å². The summed E-state index contributed by atoms with van der Waals surface area (Å²) in [4.78, 5) is 13.2. The number of methoxy groups -OCH3 is 2. The van der Waals surface area contributed by atoms with Gasteiger partial charge in [-0.3, -0.25) is 4.79 Å². The summed E-state index contributed by atoms with van der Waals surface area (Å²) in [6.45, 7) is 0.710. The van der Waals surface area contributed by atoms with Crippen molar-refractivity contribution in [1.82, 2.24) is 30.1 Å². The predicted molar refractivity (Wildman–Crippen MR) is 139 cm³/mol. The predicted octanol–water partition coefficient (Wildman–Crippen LogP) is 4.13. The molecule has 0 aliphatic carbocycles. The molecule has 0 radical (unpaired) electrons. The largest absolute Gasteiger partial charge is 0.497 e. The Bertz CT molecular complexity index is 1470. The highest BCUT2D eigenvalue weighted by atomic mass is 16.5. The zero-order valence-corrected chi connectivity index (χ0v) is 20.5. The fourth-order valence-electron chi connectivity index (χ4n) is 3.97. The molecule has 5 rings (SSSR count). The zero-order chi connectivity index (χ0) is 25.6. The van der Waals surface area contributed by atoms with Gasteiger partial charge in [0.15, 0.2) is 0 Å². The van der Waals surface area contributed by atoms with Gasteiger partial charge in [0, 0.05) is 17.8 Å². The Kier molecular flexibility index (Phi) is 6.93. The Morgan fingerprint density at radius 1 is 0.892 bits per heavy atom. The van der Waals surface area contributed by atoms with E-state index in [1.165, 1.54) is 0 Å². The van der Waals surface area contributed by atoms with Crippen LogP contribution in [-0.4, -0.2) is 44.9 Å². The van der Waals surface area contributed by atoms with E-state index in [4.69, 9.17) is 14.6 Å². The minimum absolute atomic E-state index is 0.227. The molecule has 0 aliphatic heterocycles. The number of carbonyl (C=O) groups is 1. The fraction of sp³-hybridized carbons (Fsp3) is 0.143. The molecule has 0 spiro atoms. The second kappa shape index (κ2) is 10.8. The van der Waals surface area contributed by atoms with E-state index in [-0.39, 0.29) is 12.5 Å². The van der Waals surface area contributed by atoms with Crippen molar-refractivity contribution in [3.05, 3.63) is 108 Å². The molecule has 1 N–H and O–H groups in total. The van der Waals surface area contributed by atoms with E-state index in [1.54, 1.807) is 36.0 Å².